The lowest BCUT2D eigenvalue weighted by Gasteiger charge is -2.26. The predicted molar refractivity (Wildman–Crippen MR) is 105 cm³/mol. The molecule has 2 aromatic rings. The van der Waals surface area contributed by atoms with Crippen molar-refractivity contribution in [1.29, 1.82) is 0 Å². The summed E-state index contributed by atoms with van der Waals surface area (Å²) in [4.78, 5) is 3.33. The molecule has 2 N–H and O–H groups in total. The number of nitrogens with zero attached hydrogens (tertiary/aromatic N) is 1. The highest BCUT2D eigenvalue weighted by Crippen LogP contribution is 2.38. The fraction of sp³-hybridized carbons (Fsp3) is 0.350. The van der Waals surface area contributed by atoms with Crippen LogP contribution in [0, 0.1) is 12.7 Å². The number of phenolic OH excluding ortho intramolecular Hbond substituents is 1. The number of anilines is 1. The van der Waals surface area contributed by atoms with Gasteiger partial charge in [-0.15, -0.1) is 0 Å². The molecule has 5 nitrogen and oxygen atoms in total. The highest BCUT2D eigenvalue weighted by molar-refractivity contribution is 7.92. The van der Waals surface area contributed by atoms with Gasteiger partial charge >= 0.3 is 5.51 Å². The Labute approximate surface area is 171 Å². The Morgan fingerprint density at radius 3 is 2.33 bits per heavy atom. The normalized spacial score (nSPS) is 14.7. The third-order valence-corrected chi connectivity index (χ3v) is 6.38. The second-order valence-corrected chi connectivity index (χ2v) is 10.0. The van der Waals surface area contributed by atoms with E-state index < -0.39 is 31.5 Å². The van der Waals surface area contributed by atoms with Crippen LogP contribution in [-0.4, -0.2) is 24.9 Å². The molecule has 0 saturated heterocycles. The molecule has 0 fully saturated rings. The summed E-state index contributed by atoms with van der Waals surface area (Å²) in [7, 11) is -5.48. The standard InChI is InChI=1S/C20H20F4N2O3S/c1-10-14(21)8-13(19(2,3)4)17(27)16(10)18-25-9-11-7-12(5-6-15(11)26-18)30(28,29)20(22,23)24/h5-8,27H,9H2,1-4H3,(H,25,26). The van der Waals surface area contributed by atoms with E-state index in [0.717, 1.165) is 12.1 Å². The van der Waals surface area contributed by atoms with E-state index in [2.05, 4.69) is 10.3 Å². The van der Waals surface area contributed by atoms with Crippen LogP contribution >= 0.6 is 0 Å². The summed E-state index contributed by atoms with van der Waals surface area (Å²) < 4.78 is 76.2. The Balaban J connectivity index is 2.06. The lowest BCUT2D eigenvalue weighted by molar-refractivity contribution is -0.0436. The molecule has 0 aliphatic carbocycles. The summed E-state index contributed by atoms with van der Waals surface area (Å²) in [6.45, 7) is 6.78. The van der Waals surface area contributed by atoms with Crippen LogP contribution in [0.25, 0.3) is 0 Å². The molecule has 0 atom stereocenters. The lowest BCUT2D eigenvalue weighted by atomic mass is 9.83. The molecule has 0 spiro atoms. The summed E-state index contributed by atoms with van der Waals surface area (Å²) in [6.07, 6.45) is 0. The number of fused-ring (bicyclic) bond motifs is 1. The lowest BCUT2D eigenvalue weighted by Crippen LogP contribution is -2.25. The summed E-state index contributed by atoms with van der Waals surface area (Å²) in [5.74, 6) is -0.532. The Morgan fingerprint density at radius 2 is 1.77 bits per heavy atom. The third kappa shape index (κ3) is 3.64. The van der Waals surface area contributed by atoms with Crippen molar-refractivity contribution in [2.24, 2.45) is 4.99 Å². The molecular formula is C20H20F4N2O3S. The van der Waals surface area contributed by atoms with Crippen LogP contribution in [0.1, 0.15) is 43.0 Å². The molecule has 0 bridgehead atoms. The van der Waals surface area contributed by atoms with Crippen LogP contribution in [0.15, 0.2) is 34.2 Å². The average molecular weight is 444 g/mol. The summed E-state index contributed by atoms with van der Waals surface area (Å²) in [5.41, 5.74) is -4.73. The number of benzene rings is 2. The zero-order valence-electron chi connectivity index (χ0n) is 16.6. The zero-order chi connectivity index (χ0) is 22.6. The maximum atomic E-state index is 14.5. The van der Waals surface area contributed by atoms with E-state index in [1.807, 2.05) is 20.8 Å². The molecule has 162 valence electrons. The van der Waals surface area contributed by atoms with E-state index in [1.54, 1.807) is 0 Å². The fourth-order valence-corrected chi connectivity index (χ4v) is 4.00. The van der Waals surface area contributed by atoms with E-state index in [0.29, 0.717) is 11.3 Å². The van der Waals surface area contributed by atoms with Crippen molar-refractivity contribution < 1.29 is 31.1 Å². The SMILES string of the molecule is Cc1c(F)cc(C(C)(C)C)c(O)c1C1=NCc2cc(S(=O)(=O)C(F)(F)F)ccc2N1. The van der Waals surface area contributed by atoms with Gasteiger partial charge in [0.25, 0.3) is 9.84 Å². The van der Waals surface area contributed by atoms with Gasteiger partial charge in [-0.3, -0.25) is 4.99 Å². The molecule has 0 radical (unpaired) electrons. The van der Waals surface area contributed by atoms with Crippen molar-refractivity contribution >= 4 is 21.4 Å². The summed E-state index contributed by atoms with van der Waals surface area (Å²) in [6, 6.07) is 4.21. The second-order valence-electron chi connectivity index (χ2n) is 8.06. The Kier molecular flexibility index (Phi) is 5.13. The number of aliphatic imine (C=N–C) groups is 1. The van der Waals surface area contributed by atoms with Crippen molar-refractivity contribution in [3.8, 4) is 5.75 Å². The quantitative estimate of drug-likeness (QED) is 0.652. The number of aromatic hydroxyl groups is 1. The highest BCUT2D eigenvalue weighted by Gasteiger charge is 2.47. The van der Waals surface area contributed by atoms with Gasteiger partial charge in [-0.1, -0.05) is 20.8 Å². The number of hydrogen-bond donors (Lipinski definition) is 2. The monoisotopic (exact) mass is 444 g/mol. The van der Waals surface area contributed by atoms with Crippen LogP contribution in [-0.2, 0) is 21.8 Å². The van der Waals surface area contributed by atoms with E-state index >= 15 is 0 Å². The first-order valence-electron chi connectivity index (χ1n) is 8.93. The maximum Gasteiger partial charge on any atom is 0.501 e. The van der Waals surface area contributed by atoms with Gasteiger partial charge in [0, 0.05) is 11.3 Å². The molecule has 10 heteroatoms. The first-order valence-corrected chi connectivity index (χ1v) is 10.4. The number of halogens is 4. The number of amidine groups is 1. The van der Waals surface area contributed by atoms with Gasteiger partial charge in [0.15, 0.2) is 0 Å². The number of sulfone groups is 1. The van der Waals surface area contributed by atoms with Crippen LogP contribution < -0.4 is 5.32 Å². The minimum absolute atomic E-state index is 0.140. The van der Waals surface area contributed by atoms with Gasteiger partial charge in [-0.05, 0) is 47.7 Å². The molecule has 2 aromatic carbocycles. The molecule has 1 aliphatic rings. The number of rotatable bonds is 2. The van der Waals surface area contributed by atoms with Crippen molar-refractivity contribution in [3.63, 3.8) is 0 Å². The van der Waals surface area contributed by atoms with Crippen molar-refractivity contribution in [3.05, 3.63) is 52.3 Å². The van der Waals surface area contributed by atoms with E-state index in [9.17, 15) is 31.1 Å². The topological polar surface area (TPSA) is 78.8 Å². The molecule has 0 unspecified atom stereocenters. The molecule has 1 aliphatic heterocycles. The van der Waals surface area contributed by atoms with Crippen molar-refractivity contribution in [2.45, 2.75) is 50.1 Å². The first kappa shape index (κ1) is 22.1. The van der Waals surface area contributed by atoms with Gasteiger partial charge in [0.05, 0.1) is 17.0 Å². The predicted octanol–water partition coefficient (Wildman–Crippen LogP) is 4.80. The van der Waals surface area contributed by atoms with Crippen LogP contribution in [0.3, 0.4) is 0 Å². The van der Waals surface area contributed by atoms with Gasteiger partial charge in [-0.2, -0.15) is 13.2 Å². The largest absolute Gasteiger partial charge is 0.507 e. The Bertz CT molecular complexity index is 1160. The average Bonchev–Trinajstić information content (AvgIpc) is 2.62. The molecule has 30 heavy (non-hydrogen) atoms. The van der Waals surface area contributed by atoms with Gasteiger partial charge in [0.2, 0.25) is 0 Å². The second kappa shape index (κ2) is 6.97. The molecule has 3 rings (SSSR count). The van der Waals surface area contributed by atoms with Crippen molar-refractivity contribution in [2.75, 3.05) is 5.32 Å². The van der Waals surface area contributed by atoms with Crippen LogP contribution in [0.5, 0.6) is 5.75 Å². The molecule has 0 aromatic heterocycles. The molecule has 0 amide bonds. The first-order chi connectivity index (χ1) is 13.6. The number of hydrogen-bond acceptors (Lipinski definition) is 5. The summed E-state index contributed by atoms with van der Waals surface area (Å²) in [5, 5.41) is 13.6. The third-order valence-electron chi connectivity index (χ3n) is 4.89. The number of nitrogens with one attached hydrogen (secondary N) is 1. The zero-order valence-corrected chi connectivity index (χ0v) is 17.5. The van der Waals surface area contributed by atoms with Gasteiger partial charge < -0.3 is 10.4 Å². The number of alkyl halides is 3. The number of phenols is 1. The molecule has 0 saturated carbocycles. The van der Waals surface area contributed by atoms with Crippen LogP contribution in [0.4, 0.5) is 23.2 Å². The van der Waals surface area contributed by atoms with E-state index in [1.165, 1.54) is 19.1 Å². The Morgan fingerprint density at radius 1 is 1.13 bits per heavy atom. The fourth-order valence-electron chi connectivity index (χ4n) is 3.19. The maximum absolute atomic E-state index is 14.5. The minimum Gasteiger partial charge on any atom is -0.507 e. The van der Waals surface area contributed by atoms with Crippen LogP contribution in [0.2, 0.25) is 0 Å². The Hall–Kier alpha value is -2.62. The summed E-state index contributed by atoms with van der Waals surface area (Å²) >= 11 is 0. The minimum atomic E-state index is -5.48. The molecular weight excluding hydrogens is 424 g/mol. The van der Waals surface area contributed by atoms with Gasteiger partial charge in [-0.25, -0.2) is 12.8 Å². The van der Waals surface area contributed by atoms with Crippen molar-refractivity contribution in [1.82, 2.24) is 0 Å². The highest BCUT2D eigenvalue weighted by atomic mass is 32.2. The van der Waals surface area contributed by atoms with Gasteiger partial charge in [0.1, 0.15) is 17.4 Å². The van der Waals surface area contributed by atoms with E-state index in [4.69, 9.17) is 0 Å². The molecule has 1 heterocycles. The van der Waals surface area contributed by atoms with E-state index in [-0.39, 0.29) is 34.8 Å². The smallest absolute Gasteiger partial charge is 0.501 e.